The summed E-state index contributed by atoms with van der Waals surface area (Å²) in [4.78, 5) is 15.7. The third kappa shape index (κ3) is 5.04. The van der Waals surface area contributed by atoms with E-state index in [1.165, 1.54) is 20.2 Å². The number of hydrogen-bond acceptors (Lipinski definition) is 5. The molecule has 0 saturated heterocycles. The monoisotopic (exact) mass is 746 g/mol. The number of hydrogen-bond donors (Lipinski definition) is 0. The van der Waals surface area contributed by atoms with E-state index in [0.29, 0.717) is 17.5 Å². The molecule has 266 valence electrons. The molecule has 0 aliphatic carbocycles. The third-order valence-electron chi connectivity index (χ3n) is 11.1. The van der Waals surface area contributed by atoms with Crippen molar-refractivity contribution >= 4 is 75.3 Å². The Morgan fingerprint density at radius 2 is 1.05 bits per heavy atom. The minimum absolute atomic E-state index is 0.586. The van der Waals surface area contributed by atoms with Crippen LogP contribution in [-0.4, -0.2) is 19.5 Å². The summed E-state index contributed by atoms with van der Waals surface area (Å²) in [5.41, 5.74) is 9.91. The molecule has 0 fully saturated rings. The molecule has 0 aliphatic rings. The second-order valence-electron chi connectivity index (χ2n) is 14.4. The maximum atomic E-state index is 6.92. The Balaban J connectivity index is 1.09. The Labute approximate surface area is 330 Å². The van der Waals surface area contributed by atoms with Gasteiger partial charge in [0, 0.05) is 64.1 Å². The lowest BCUT2D eigenvalue weighted by molar-refractivity contribution is 0.671. The molecule has 0 saturated carbocycles. The number of thiophene rings is 1. The van der Waals surface area contributed by atoms with Crippen LogP contribution in [-0.2, 0) is 0 Å². The van der Waals surface area contributed by atoms with E-state index in [9.17, 15) is 0 Å². The van der Waals surface area contributed by atoms with Crippen LogP contribution in [0.15, 0.2) is 186 Å². The van der Waals surface area contributed by atoms with E-state index in [1.54, 1.807) is 11.3 Å². The summed E-state index contributed by atoms with van der Waals surface area (Å²) in [6, 6.07) is 63.7. The van der Waals surface area contributed by atoms with Crippen LogP contribution < -0.4 is 0 Å². The number of fused-ring (bicyclic) bond motifs is 10. The van der Waals surface area contributed by atoms with Gasteiger partial charge in [-0.05, 0) is 65.7 Å². The van der Waals surface area contributed by atoms with Crippen LogP contribution in [0.25, 0.3) is 115 Å². The van der Waals surface area contributed by atoms with Crippen LogP contribution in [0.2, 0.25) is 0 Å². The summed E-state index contributed by atoms with van der Waals surface area (Å²) in [6.45, 7) is 0. The molecule has 0 aliphatic heterocycles. The molecule has 6 heteroatoms. The number of nitrogens with zero attached hydrogens (tertiary/aromatic N) is 4. The molecule has 5 nitrogen and oxygen atoms in total. The molecule has 12 rings (SSSR count). The fraction of sp³-hybridized carbons (Fsp3) is 0. The van der Waals surface area contributed by atoms with Gasteiger partial charge < -0.3 is 8.98 Å². The highest BCUT2D eigenvalue weighted by molar-refractivity contribution is 7.25. The first-order valence-corrected chi connectivity index (χ1v) is 19.8. The van der Waals surface area contributed by atoms with Crippen LogP contribution in [0.3, 0.4) is 0 Å². The number of para-hydroxylation sites is 2. The van der Waals surface area contributed by atoms with Crippen LogP contribution >= 0.6 is 11.3 Å². The molecule has 12 aromatic rings. The maximum absolute atomic E-state index is 6.92. The first kappa shape index (κ1) is 31.9. The van der Waals surface area contributed by atoms with Crippen LogP contribution in [0.4, 0.5) is 0 Å². The molecule has 0 atom stereocenters. The lowest BCUT2D eigenvalue weighted by Gasteiger charge is -2.10. The summed E-state index contributed by atoms with van der Waals surface area (Å²) in [5.74, 6) is 1.83. The van der Waals surface area contributed by atoms with Gasteiger partial charge in [-0.3, -0.25) is 0 Å². The molecule has 0 amide bonds. The van der Waals surface area contributed by atoms with Gasteiger partial charge in [0.2, 0.25) is 0 Å². The van der Waals surface area contributed by atoms with Gasteiger partial charge >= 0.3 is 0 Å². The molecular formula is C51H30N4OS. The summed E-state index contributed by atoms with van der Waals surface area (Å²) in [6.07, 6.45) is 0. The van der Waals surface area contributed by atoms with Gasteiger partial charge in [-0.2, -0.15) is 0 Å². The first-order chi connectivity index (χ1) is 28.2. The third-order valence-corrected chi connectivity index (χ3v) is 12.2. The Morgan fingerprint density at radius 3 is 1.91 bits per heavy atom. The molecule has 0 bridgehead atoms. The van der Waals surface area contributed by atoms with E-state index in [1.807, 2.05) is 6.07 Å². The van der Waals surface area contributed by atoms with E-state index in [-0.39, 0.29) is 0 Å². The standard InChI is InChI=1S/C51H30N4OS/c1-3-13-31(14-4-1)32-15-11-16-33(29-32)49-52-50(54-51(53-49)41-21-12-24-45-46(41)40-20-8-10-23-44(40)57-45)34-25-26-37-39-28-27-38-36-19-7-9-22-42(36)55(35-17-5-2-6-18-35)47(38)48(39)56-43(37)30-34/h1-30H. The maximum Gasteiger partial charge on any atom is 0.164 e. The molecule has 4 aromatic heterocycles. The molecule has 0 radical (unpaired) electrons. The summed E-state index contributed by atoms with van der Waals surface area (Å²) in [7, 11) is 0. The highest BCUT2D eigenvalue weighted by Gasteiger charge is 2.21. The largest absolute Gasteiger partial charge is 0.454 e. The number of rotatable bonds is 5. The Bertz CT molecular complexity index is 3530. The smallest absolute Gasteiger partial charge is 0.164 e. The van der Waals surface area contributed by atoms with Gasteiger partial charge in [0.05, 0.1) is 11.0 Å². The highest BCUT2D eigenvalue weighted by Crippen LogP contribution is 2.42. The fourth-order valence-corrected chi connectivity index (χ4v) is 9.58. The Kier molecular flexibility index (Phi) is 7.03. The zero-order valence-corrected chi connectivity index (χ0v) is 31.2. The number of furan rings is 1. The molecule has 0 spiro atoms. The van der Waals surface area contributed by atoms with Crippen molar-refractivity contribution < 1.29 is 4.42 Å². The van der Waals surface area contributed by atoms with Gasteiger partial charge in [0.25, 0.3) is 0 Å². The van der Waals surface area contributed by atoms with Crippen molar-refractivity contribution in [1.82, 2.24) is 19.5 Å². The second-order valence-corrected chi connectivity index (χ2v) is 15.5. The second kappa shape index (κ2) is 12.6. The normalized spacial score (nSPS) is 11.9. The zero-order valence-electron chi connectivity index (χ0n) is 30.4. The van der Waals surface area contributed by atoms with E-state index < -0.39 is 0 Å². The SMILES string of the molecule is c1ccc(-c2cccc(-c3nc(-c4ccc5c(c4)oc4c5ccc5c6ccccc6n(-c6ccccc6)c54)nc(-c4cccc5sc6ccccc6c45)n3)c2)cc1. The lowest BCUT2D eigenvalue weighted by atomic mass is 10.0. The lowest BCUT2D eigenvalue weighted by Crippen LogP contribution is -2.00. The van der Waals surface area contributed by atoms with Gasteiger partial charge in [-0.1, -0.05) is 127 Å². The van der Waals surface area contributed by atoms with Crippen molar-refractivity contribution in [3.05, 3.63) is 182 Å². The van der Waals surface area contributed by atoms with E-state index >= 15 is 0 Å². The predicted molar refractivity (Wildman–Crippen MR) is 236 cm³/mol. The average Bonchev–Trinajstić information content (AvgIpc) is 3.96. The molecule has 0 unspecified atom stereocenters. The summed E-state index contributed by atoms with van der Waals surface area (Å²) in [5, 5.41) is 6.81. The van der Waals surface area contributed by atoms with Crippen molar-refractivity contribution in [2.45, 2.75) is 0 Å². The van der Waals surface area contributed by atoms with Crippen molar-refractivity contribution in [3.63, 3.8) is 0 Å². The van der Waals surface area contributed by atoms with Crippen LogP contribution in [0.1, 0.15) is 0 Å². The van der Waals surface area contributed by atoms with Crippen molar-refractivity contribution in [3.8, 4) is 51.0 Å². The van der Waals surface area contributed by atoms with E-state index in [4.69, 9.17) is 19.4 Å². The first-order valence-electron chi connectivity index (χ1n) is 19.0. The number of benzene rings is 8. The molecule has 57 heavy (non-hydrogen) atoms. The Hall–Kier alpha value is -7.41. The minimum Gasteiger partial charge on any atom is -0.454 e. The zero-order chi connectivity index (χ0) is 37.5. The van der Waals surface area contributed by atoms with E-state index in [2.05, 4.69) is 180 Å². The molecular weight excluding hydrogens is 717 g/mol. The summed E-state index contributed by atoms with van der Waals surface area (Å²) < 4.78 is 11.7. The fourth-order valence-electron chi connectivity index (χ4n) is 8.45. The van der Waals surface area contributed by atoms with Crippen molar-refractivity contribution in [1.29, 1.82) is 0 Å². The van der Waals surface area contributed by atoms with Gasteiger partial charge in [-0.15, -0.1) is 11.3 Å². The van der Waals surface area contributed by atoms with Gasteiger partial charge in [0.1, 0.15) is 5.58 Å². The minimum atomic E-state index is 0.586. The van der Waals surface area contributed by atoms with Crippen LogP contribution in [0.5, 0.6) is 0 Å². The molecule has 4 heterocycles. The summed E-state index contributed by atoms with van der Waals surface area (Å²) >= 11 is 1.79. The molecule has 0 N–H and O–H groups in total. The van der Waals surface area contributed by atoms with Gasteiger partial charge in [0.15, 0.2) is 23.1 Å². The molecule has 8 aromatic carbocycles. The predicted octanol–water partition coefficient (Wildman–Crippen LogP) is 13.9. The van der Waals surface area contributed by atoms with Crippen LogP contribution in [0, 0.1) is 0 Å². The van der Waals surface area contributed by atoms with E-state index in [0.717, 1.165) is 77.2 Å². The van der Waals surface area contributed by atoms with Crippen molar-refractivity contribution in [2.24, 2.45) is 0 Å². The number of aromatic nitrogens is 4. The van der Waals surface area contributed by atoms with Gasteiger partial charge in [-0.25, -0.2) is 15.0 Å². The quantitative estimate of drug-likeness (QED) is 0.176. The van der Waals surface area contributed by atoms with Crippen molar-refractivity contribution in [2.75, 3.05) is 0 Å². The average molecular weight is 747 g/mol. The topological polar surface area (TPSA) is 56.7 Å². The highest BCUT2D eigenvalue weighted by atomic mass is 32.1. The Morgan fingerprint density at radius 1 is 0.421 bits per heavy atom.